The molecule has 0 bridgehead atoms. The molecule has 0 atom stereocenters. The molecule has 27 heavy (non-hydrogen) atoms. The fraction of sp³-hybridized carbons (Fsp3) is 0.278. The summed E-state index contributed by atoms with van der Waals surface area (Å²) in [5.74, 6) is 1.44. The minimum atomic E-state index is -0.0553. The summed E-state index contributed by atoms with van der Waals surface area (Å²) in [7, 11) is 0. The lowest BCUT2D eigenvalue weighted by atomic mass is 10.2. The average Bonchev–Trinajstić information content (AvgIpc) is 3.24. The van der Waals surface area contributed by atoms with E-state index in [2.05, 4.69) is 15.5 Å². The Hall–Kier alpha value is -2.16. The van der Waals surface area contributed by atoms with Crippen LogP contribution in [-0.2, 0) is 17.9 Å². The zero-order valence-corrected chi connectivity index (χ0v) is 17.1. The Morgan fingerprint density at radius 2 is 2.11 bits per heavy atom. The van der Waals surface area contributed by atoms with Gasteiger partial charge in [0.05, 0.1) is 17.5 Å². The molecule has 1 aromatic carbocycles. The lowest BCUT2D eigenvalue weighted by molar-refractivity contribution is -0.121. The Balaban J connectivity index is 1.62. The standard InChI is InChI=1S/C18H19ClN4O2S2/c1-2-25-13-5-3-12(4-6-13)17-21-22-18(26)23(17)10-9-16(24)20-11-14-7-8-15(19)27-14/h3-8H,2,9-11H2,1H3,(H,20,24)(H,22,26). The van der Waals surface area contributed by atoms with Gasteiger partial charge < -0.3 is 10.1 Å². The van der Waals surface area contributed by atoms with E-state index in [9.17, 15) is 4.79 Å². The van der Waals surface area contributed by atoms with Crippen LogP contribution in [0.15, 0.2) is 36.4 Å². The number of H-pyrrole nitrogens is 1. The third-order valence-corrected chi connectivity index (χ3v) is 5.38. The Morgan fingerprint density at radius 1 is 1.33 bits per heavy atom. The molecule has 3 rings (SSSR count). The number of carbonyl (C=O) groups is 1. The number of thiophene rings is 1. The van der Waals surface area contributed by atoms with Crippen LogP contribution in [0.3, 0.4) is 0 Å². The first kappa shape index (κ1) is 19.6. The third kappa shape index (κ3) is 5.18. The van der Waals surface area contributed by atoms with Gasteiger partial charge in [-0.05, 0) is 55.5 Å². The van der Waals surface area contributed by atoms with Gasteiger partial charge >= 0.3 is 0 Å². The lowest BCUT2D eigenvalue weighted by Gasteiger charge is -2.08. The van der Waals surface area contributed by atoms with Crippen molar-refractivity contribution in [2.24, 2.45) is 0 Å². The van der Waals surface area contributed by atoms with Gasteiger partial charge in [0.15, 0.2) is 10.6 Å². The maximum Gasteiger partial charge on any atom is 0.222 e. The molecule has 0 aliphatic carbocycles. The summed E-state index contributed by atoms with van der Waals surface area (Å²) in [4.78, 5) is 13.2. The number of aromatic amines is 1. The second-order valence-corrected chi connectivity index (χ2v) is 7.88. The van der Waals surface area contributed by atoms with E-state index in [1.54, 1.807) is 0 Å². The van der Waals surface area contributed by atoms with E-state index in [-0.39, 0.29) is 5.91 Å². The van der Waals surface area contributed by atoms with Crippen molar-refractivity contribution in [2.75, 3.05) is 6.61 Å². The Kier molecular flexibility index (Phi) is 6.65. The molecule has 0 spiro atoms. The normalized spacial score (nSPS) is 10.7. The quantitative estimate of drug-likeness (QED) is 0.527. The molecule has 1 amide bonds. The van der Waals surface area contributed by atoms with Crippen molar-refractivity contribution in [2.45, 2.75) is 26.4 Å². The topological polar surface area (TPSA) is 71.9 Å². The zero-order chi connectivity index (χ0) is 19.2. The summed E-state index contributed by atoms with van der Waals surface area (Å²) in [5.41, 5.74) is 0.902. The zero-order valence-electron chi connectivity index (χ0n) is 14.7. The van der Waals surface area contributed by atoms with Crippen molar-refractivity contribution in [3.05, 3.63) is 50.4 Å². The number of nitrogens with one attached hydrogen (secondary N) is 2. The van der Waals surface area contributed by atoms with Gasteiger partial charge in [-0.3, -0.25) is 14.5 Å². The molecule has 0 radical (unpaired) electrons. The number of aromatic nitrogens is 3. The van der Waals surface area contributed by atoms with E-state index in [4.69, 9.17) is 28.6 Å². The van der Waals surface area contributed by atoms with E-state index in [1.807, 2.05) is 47.9 Å². The maximum atomic E-state index is 12.2. The number of ether oxygens (including phenoxy) is 1. The molecule has 0 saturated heterocycles. The van der Waals surface area contributed by atoms with Crippen LogP contribution < -0.4 is 10.1 Å². The van der Waals surface area contributed by atoms with Gasteiger partial charge in [-0.2, -0.15) is 5.10 Å². The monoisotopic (exact) mass is 422 g/mol. The van der Waals surface area contributed by atoms with E-state index < -0.39 is 0 Å². The van der Waals surface area contributed by atoms with Crippen molar-refractivity contribution < 1.29 is 9.53 Å². The number of halogens is 1. The van der Waals surface area contributed by atoms with Crippen LogP contribution in [0.4, 0.5) is 0 Å². The van der Waals surface area contributed by atoms with Crippen LogP contribution in [0.2, 0.25) is 4.34 Å². The highest BCUT2D eigenvalue weighted by atomic mass is 35.5. The fourth-order valence-electron chi connectivity index (χ4n) is 2.55. The molecular weight excluding hydrogens is 404 g/mol. The molecule has 142 valence electrons. The highest BCUT2D eigenvalue weighted by molar-refractivity contribution is 7.71. The van der Waals surface area contributed by atoms with Gasteiger partial charge in [-0.25, -0.2) is 0 Å². The number of hydrogen-bond donors (Lipinski definition) is 2. The minimum Gasteiger partial charge on any atom is -0.494 e. The summed E-state index contributed by atoms with van der Waals surface area (Å²) in [6.45, 7) is 3.47. The summed E-state index contributed by atoms with van der Waals surface area (Å²) >= 11 is 12.7. The summed E-state index contributed by atoms with van der Waals surface area (Å²) in [5, 5.41) is 9.99. The lowest BCUT2D eigenvalue weighted by Crippen LogP contribution is -2.23. The van der Waals surface area contributed by atoms with Gasteiger partial charge in [-0.15, -0.1) is 11.3 Å². The molecule has 0 aliphatic rings. The smallest absolute Gasteiger partial charge is 0.222 e. The summed E-state index contributed by atoms with van der Waals surface area (Å²) in [6, 6.07) is 11.4. The number of amides is 1. The highest BCUT2D eigenvalue weighted by Crippen LogP contribution is 2.22. The predicted molar refractivity (Wildman–Crippen MR) is 110 cm³/mol. The van der Waals surface area contributed by atoms with Crippen LogP contribution in [0.1, 0.15) is 18.2 Å². The van der Waals surface area contributed by atoms with Crippen LogP contribution >= 0.6 is 35.2 Å². The fourth-order valence-corrected chi connectivity index (χ4v) is 3.80. The number of rotatable bonds is 8. The number of hydrogen-bond acceptors (Lipinski definition) is 5. The van der Waals surface area contributed by atoms with E-state index in [0.29, 0.717) is 41.0 Å². The van der Waals surface area contributed by atoms with E-state index in [0.717, 1.165) is 16.2 Å². The Morgan fingerprint density at radius 3 is 2.78 bits per heavy atom. The SMILES string of the molecule is CCOc1ccc(-c2n[nH]c(=S)n2CCC(=O)NCc2ccc(Cl)s2)cc1. The first-order valence-electron chi connectivity index (χ1n) is 8.46. The van der Waals surface area contributed by atoms with Gasteiger partial charge in [0, 0.05) is 23.4 Å². The minimum absolute atomic E-state index is 0.0553. The molecule has 0 fully saturated rings. The predicted octanol–water partition coefficient (Wildman–Crippen LogP) is 4.43. The average molecular weight is 423 g/mol. The first-order chi connectivity index (χ1) is 13.1. The molecule has 3 aromatic rings. The van der Waals surface area contributed by atoms with Gasteiger partial charge in [0.25, 0.3) is 0 Å². The van der Waals surface area contributed by atoms with Crippen LogP contribution in [-0.4, -0.2) is 27.3 Å². The van der Waals surface area contributed by atoms with Gasteiger partial charge in [0.2, 0.25) is 5.91 Å². The van der Waals surface area contributed by atoms with E-state index in [1.165, 1.54) is 11.3 Å². The number of nitrogens with zero attached hydrogens (tertiary/aromatic N) is 2. The summed E-state index contributed by atoms with van der Waals surface area (Å²) in [6.07, 6.45) is 0.303. The van der Waals surface area contributed by atoms with Gasteiger partial charge in [0.1, 0.15) is 5.75 Å². The van der Waals surface area contributed by atoms with Crippen LogP contribution in [0, 0.1) is 4.77 Å². The molecular formula is C18H19ClN4O2S2. The Labute approximate surface area is 171 Å². The van der Waals surface area contributed by atoms with E-state index >= 15 is 0 Å². The molecule has 2 aromatic heterocycles. The highest BCUT2D eigenvalue weighted by Gasteiger charge is 2.11. The van der Waals surface area contributed by atoms with Crippen molar-refractivity contribution in [3.63, 3.8) is 0 Å². The van der Waals surface area contributed by atoms with Gasteiger partial charge in [-0.1, -0.05) is 11.6 Å². The molecule has 2 N–H and O–H groups in total. The molecule has 6 nitrogen and oxygen atoms in total. The van der Waals surface area contributed by atoms with Crippen molar-refractivity contribution in [1.82, 2.24) is 20.1 Å². The number of carbonyl (C=O) groups excluding carboxylic acids is 1. The first-order valence-corrected chi connectivity index (χ1v) is 10.1. The third-order valence-electron chi connectivity index (χ3n) is 3.83. The van der Waals surface area contributed by atoms with Crippen molar-refractivity contribution in [3.8, 4) is 17.1 Å². The number of benzene rings is 1. The summed E-state index contributed by atoms with van der Waals surface area (Å²) < 4.78 is 8.48. The molecule has 0 saturated carbocycles. The van der Waals surface area contributed by atoms with Crippen molar-refractivity contribution >= 4 is 41.1 Å². The Bertz CT molecular complexity index is 962. The second kappa shape index (κ2) is 9.16. The largest absolute Gasteiger partial charge is 0.494 e. The molecule has 9 heteroatoms. The molecule has 2 heterocycles. The maximum absolute atomic E-state index is 12.2. The van der Waals surface area contributed by atoms with Crippen LogP contribution in [0.25, 0.3) is 11.4 Å². The molecule has 0 unspecified atom stereocenters. The molecule has 0 aliphatic heterocycles. The van der Waals surface area contributed by atoms with Crippen LogP contribution in [0.5, 0.6) is 5.75 Å². The second-order valence-electron chi connectivity index (χ2n) is 5.69. The van der Waals surface area contributed by atoms with Crippen molar-refractivity contribution in [1.29, 1.82) is 0 Å².